The normalized spacial score (nSPS) is 13.3. The summed E-state index contributed by atoms with van der Waals surface area (Å²) in [6.07, 6.45) is 0.295. The van der Waals surface area contributed by atoms with Gasteiger partial charge in [-0.05, 0) is 41.8 Å². The van der Waals surface area contributed by atoms with Gasteiger partial charge in [-0.3, -0.25) is 9.69 Å². The number of methoxy groups -OCH3 is 1. The molecule has 0 saturated carbocycles. The standard InChI is InChI=1S/C23H29NO6/c1-3-5-23(26)28-15-19(25)14-24(12-17-6-4-7-20(10-17)27-2)13-18-8-9-21-22(11-18)30-16-29-21/h4,6-11,19,25H,3,5,12-16H2,1-2H3/t19-/m1/s1. The van der Waals surface area contributed by atoms with Crippen LogP contribution in [0.5, 0.6) is 17.2 Å². The molecule has 0 bridgehead atoms. The molecule has 0 unspecified atom stereocenters. The fourth-order valence-corrected chi connectivity index (χ4v) is 3.33. The number of ether oxygens (including phenoxy) is 4. The van der Waals surface area contributed by atoms with E-state index >= 15 is 0 Å². The fraction of sp³-hybridized carbons (Fsp3) is 0.435. The van der Waals surface area contributed by atoms with Gasteiger partial charge in [0.25, 0.3) is 0 Å². The monoisotopic (exact) mass is 415 g/mol. The molecule has 1 heterocycles. The van der Waals surface area contributed by atoms with Crippen LogP contribution in [0.15, 0.2) is 42.5 Å². The quantitative estimate of drug-likeness (QED) is 0.565. The minimum atomic E-state index is -0.787. The van der Waals surface area contributed by atoms with E-state index < -0.39 is 6.10 Å². The summed E-state index contributed by atoms with van der Waals surface area (Å²) in [6.45, 7) is 3.67. The third-order valence-corrected chi connectivity index (χ3v) is 4.74. The minimum absolute atomic E-state index is 0.0193. The Balaban J connectivity index is 1.68. The SMILES string of the molecule is CCCC(=O)OC[C@H](O)CN(Cc1cccc(OC)c1)Cc1ccc2c(c1)OCO2. The average molecular weight is 415 g/mol. The number of fused-ring (bicyclic) bond motifs is 1. The summed E-state index contributed by atoms with van der Waals surface area (Å²) < 4.78 is 21.3. The molecule has 1 atom stereocenters. The first-order chi connectivity index (χ1) is 14.6. The van der Waals surface area contributed by atoms with Crippen molar-refractivity contribution in [2.75, 3.05) is 27.1 Å². The number of benzene rings is 2. The van der Waals surface area contributed by atoms with Crippen molar-refractivity contribution in [3.8, 4) is 17.2 Å². The van der Waals surface area contributed by atoms with Crippen LogP contribution < -0.4 is 14.2 Å². The number of rotatable bonds is 11. The van der Waals surface area contributed by atoms with Gasteiger partial charge < -0.3 is 24.1 Å². The average Bonchev–Trinajstić information content (AvgIpc) is 3.20. The first-order valence-electron chi connectivity index (χ1n) is 10.1. The van der Waals surface area contributed by atoms with Gasteiger partial charge in [-0.1, -0.05) is 25.1 Å². The Morgan fingerprint density at radius 3 is 2.67 bits per heavy atom. The fourth-order valence-electron chi connectivity index (χ4n) is 3.33. The van der Waals surface area contributed by atoms with Crippen molar-refractivity contribution in [3.05, 3.63) is 53.6 Å². The number of esters is 1. The van der Waals surface area contributed by atoms with Gasteiger partial charge in [-0.25, -0.2) is 0 Å². The van der Waals surface area contributed by atoms with E-state index in [4.69, 9.17) is 18.9 Å². The number of hydrogen-bond donors (Lipinski definition) is 1. The van der Waals surface area contributed by atoms with Gasteiger partial charge in [0, 0.05) is 26.1 Å². The molecule has 1 N–H and O–H groups in total. The summed E-state index contributed by atoms with van der Waals surface area (Å²) in [5.41, 5.74) is 2.10. The molecule has 0 saturated heterocycles. The molecule has 0 aromatic heterocycles. The maximum Gasteiger partial charge on any atom is 0.305 e. The van der Waals surface area contributed by atoms with Gasteiger partial charge in [0.15, 0.2) is 11.5 Å². The van der Waals surface area contributed by atoms with Crippen molar-refractivity contribution in [2.24, 2.45) is 0 Å². The molecule has 7 nitrogen and oxygen atoms in total. The highest BCUT2D eigenvalue weighted by Gasteiger charge is 2.18. The number of aliphatic hydroxyl groups excluding tert-OH is 1. The van der Waals surface area contributed by atoms with E-state index in [2.05, 4.69) is 4.90 Å². The molecular weight excluding hydrogens is 386 g/mol. The van der Waals surface area contributed by atoms with Gasteiger partial charge in [0.2, 0.25) is 6.79 Å². The second-order valence-corrected chi connectivity index (χ2v) is 7.30. The van der Waals surface area contributed by atoms with Crippen LogP contribution in [0.1, 0.15) is 30.9 Å². The van der Waals surface area contributed by atoms with Gasteiger partial charge in [0.1, 0.15) is 18.5 Å². The van der Waals surface area contributed by atoms with Gasteiger partial charge in [-0.2, -0.15) is 0 Å². The molecule has 30 heavy (non-hydrogen) atoms. The van der Waals surface area contributed by atoms with Crippen LogP contribution in [0.3, 0.4) is 0 Å². The lowest BCUT2D eigenvalue weighted by molar-refractivity contribution is -0.147. The van der Waals surface area contributed by atoms with E-state index in [0.29, 0.717) is 26.1 Å². The summed E-state index contributed by atoms with van der Waals surface area (Å²) in [4.78, 5) is 13.7. The molecule has 162 valence electrons. The summed E-state index contributed by atoms with van der Waals surface area (Å²) in [5, 5.41) is 10.5. The molecule has 2 aromatic rings. The first kappa shape index (κ1) is 21.9. The highest BCUT2D eigenvalue weighted by Crippen LogP contribution is 2.33. The number of hydrogen-bond acceptors (Lipinski definition) is 7. The van der Waals surface area contributed by atoms with E-state index in [1.54, 1.807) is 7.11 Å². The predicted octanol–water partition coefficient (Wildman–Crippen LogP) is 3.13. The summed E-state index contributed by atoms with van der Waals surface area (Å²) in [5.74, 6) is 1.96. The second kappa shape index (κ2) is 10.8. The van der Waals surface area contributed by atoms with Gasteiger partial charge in [-0.15, -0.1) is 0 Å². The molecule has 0 fully saturated rings. The summed E-state index contributed by atoms with van der Waals surface area (Å²) >= 11 is 0. The number of aliphatic hydroxyl groups is 1. The lowest BCUT2D eigenvalue weighted by Gasteiger charge is -2.25. The van der Waals surface area contributed by atoms with Crippen LogP contribution in [0, 0.1) is 0 Å². The Labute approximate surface area is 177 Å². The van der Waals surface area contributed by atoms with Crippen LogP contribution in [-0.2, 0) is 22.6 Å². The predicted molar refractivity (Wildman–Crippen MR) is 112 cm³/mol. The van der Waals surface area contributed by atoms with Crippen molar-refractivity contribution in [2.45, 2.75) is 39.0 Å². The molecule has 1 aliphatic rings. The zero-order valence-corrected chi connectivity index (χ0v) is 17.5. The highest BCUT2D eigenvalue weighted by atomic mass is 16.7. The second-order valence-electron chi connectivity index (χ2n) is 7.30. The number of carbonyl (C=O) groups is 1. The van der Waals surface area contributed by atoms with Crippen molar-refractivity contribution >= 4 is 5.97 Å². The topological polar surface area (TPSA) is 77.5 Å². The maximum atomic E-state index is 11.6. The lowest BCUT2D eigenvalue weighted by Crippen LogP contribution is -2.34. The first-order valence-corrected chi connectivity index (χ1v) is 10.1. The molecule has 0 spiro atoms. The van der Waals surface area contributed by atoms with Crippen molar-refractivity contribution in [1.29, 1.82) is 0 Å². The van der Waals surface area contributed by atoms with Crippen molar-refractivity contribution in [3.63, 3.8) is 0 Å². The summed E-state index contributed by atoms with van der Waals surface area (Å²) in [6, 6.07) is 13.7. The van der Waals surface area contributed by atoms with E-state index in [1.165, 1.54) is 0 Å². The van der Waals surface area contributed by atoms with E-state index in [1.807, 2.05) is 49.4 Å². The molecular formula is C23H29NO6. The molecule has 0 amide bonds. The molecule has 1 aliphatic heterocycles. The number of carbonyl (C=O) groups excluding carboxylic acids is 1. The van der Waals surface area contributed by atoms with E-state index in [9.17, 15) is 9.90 Å². The molecule has 7 heteroatoms. The number of nitrogens with zero attached hydrogens (tertiary/aromatic N) is 1. The zero-order chi connectivity index (χ0) is 21.3. The Kier molecular flexibility index (Phi) is 7.93. The summed E-state index contributed by atoms with van der Waals surface area (Å²) in [7, 11) is 1.64. The molecule has 2 aromatic carbocycles. The highest BCUT2D eigenvalue weighted by molar-refractivity contribution is 5.69. The van der Waals surface area contributed by atoms with Crippen LogP contribution in [0.4, 0.5) is 0 Å². The minimum Gasteiger partial charge on any atom is -0.497 e. The van der Waals surface area contributed by atoms with E-state index in [-0.39, 0.29) is 19.4 Å². The van der Waals surface area contributed by atoms with Crippen LogP contribution in [0.2, 0.25) is 0 Å². The van der Waals surface area contributed by atoms with Gasteiger partial charge >= 0.3 is 5.97 Å². The molecule has 0 radical (unpaired) electrons. The lowest BCUT2D eigenvalue weighted by atomic mass is 10.1. The Hall–Kier alpha value is -2.77. The van der Waals surface area contributed by atoms with E-state index in [0.717, 1.165) is 34.8 Å². The van der Waals surface area contributed by atoms with Crippen molar-refractivity contribution in [1.82, 2.24) is 4.90 Å². The Morgan fingerprint density at radius 1 is 1.13 bits per heavy atom. The van der Waals surface area contributed by atoms with Gasteiger partial charge in [0.05, 0.1) is 7.11 Å². The molecule has 3 rings (SSSR count). The third kappa shape index (κ3) is 6.37. The largest absolute Gasteiger partial charge is 0.497 e. The maximum absolute atomic E-state index is 11.6. The Morgan fingerprint density at radius 2 is 1.90 bits per heavy atom. The van der Waals surface area contributed by atoms with Crippen LogP contribution in [-0.4, -0.2) is 49.1 Å². The van der Waals surface area contributed by atoms with Crippen LogP contribution in [0.25, 0.3) is 0 Å². The molecule has 0 aliphatic carbocycles. The van der Waals surface area contributed by atoms with Crippen molar-refractivity contribution < 1.29 is 28.8 Å². The van der Waals surface area contributed by atoms with Crippen LogP contribution >= 0.6 is 0 Å². The smallest absolute Gasteiger partial charge is 0.305 e. The Bertz CT molecular complexity index is 840. The third-order valence-electron chi connectivity index (χ3n) is 4.74. The zero-order valence-electron chi connectivity index (χ0n) is 17.5.